The Balaban J connectivity index is 0.00000169. The van der Waals surface area contributed by atoms with Crippen LogP contribution in [0.5, 0.6) is 0 Å². The number of fused-ring (bicyclic) bond motifs is 2. The largest absolute Gasteiger partial charge is 0.252 e. The van der Waals surface area contributed by atoms with Gasteiger partial charge in [-0.15, -0.1) is 12.4 Å². The van der Waals surface area contributed by atoms with Crippen molar-refractivity contribution < 1.29 is 0 Å². The van der Waals surface area contributed by atoms with E-state index in [0.29, 0.717) is 5.92 Å². The van der Waals surface area contributed by atoms with Crippen LogP contribution in [0.1, 0.15) is 36.9 Å². The minimum absolute atomic E-state index is 0. The summed E-state index contributed by atoms with van der Waals surface area (Å²) in [4.78, 5) is 4.95. The molecule has 4 heteroatoms. The van der Waals surface area contributed by atoms with Crippen molar-refractivity contribution in [3.8, 4) is 11.1 Å². The number of pyridine rings is 1. The lowest BCUT2D eigenvalue weighted by atomic mass is 9.82. The van der Waals surface area contributed by atoms with E-state index in [2.05, 4.69) is 13.0 Å². The maximum atomic E-state index is 6.52. The summed E-state index contributed by atoms with van der Waals surface area (Å²) in [6.07, 6.45) is 3.44. The highest BCUT2D eigenvalue weighted by Crippen LogP contribution is 2.42. The second-order valence-corrected chi connectivity index (χ2v) is 7.13. The fourth-order valence-electron chi connectivity index (χ4n) is 3.65. The lowest BCUT2D eigenvalue weighted by Gasteiger charge is -2.25. The summed E-state index contributed by atoms with van der Waals surface area (Å²) >= 11 is 12.8. The molecule has 0 aliphatic heterocycles. The van der Waals surface area contributed by atoms with Gasteiger partial charge in [-0.1, -0.05) is 48.3 Å². The first-order valence-electron chi connectivity index (χ1n) is 8.02. The number of nitrogens with zero attached hydrogens (tertiary/aromatic N) is 1. The molecule has 0 amide bonds. The summed E-state index contributed by atoms with van der Waals surface area (Å²) in [5.41, 5.74) is 5.85. The van der Waals surface area contributed by atoms with Gasteiger partial charge in [0.05, 0.1) is 5.52 Å². The third-order valence-electron chi connectivity index (χ3n) is 4.75. The third-order valence-corrected chi connectivity index (χ3v) is 5.32. The summed E-state index contributed by atoms with van der Waals surface area (Å²) in [6, 6.07) is 14.0. The van der Waals surface area contributed by atoms with Crippen LogP contribution in [0.4, 0.5) is 0 Å². The molecule has 1 unspecified atom stereocenters. The maximum absolute atomic E-state index is 6.52. The van der Waals surface area contributed by atoms with Gasteiger partial charge in [-0.3, -0.25) is 4.98 Å². The highest BCUT2D eigenvalue weighted by atomic mass is 35.5. The number of halogens is 3. The van der Waals surface area contributed by atoms with Crippen molar-refractivity contribution >= 4 is 46.5 Å². The van der Waals surface area contributed by atoms with E-state index >= 15 is 0 Å². The second-order valence-electron chi connectivity index (χ2n) is 6.29. The van der Waals surface area contributed by atoms with E-state index in [1.54, 1.807) is 0 Å². The van der Waals surface area contributed by atoms with Gasteiger partial charge in [0.15, 0.2) is 0 Å². The topological polar surface area (TPSA) is 12.9 Å². The number of benzene rings is 2. The fourth-order valence-corrected chi connectivity index (χ4v) is 4.05. The van der Waals surface area contributed by atoms with Crippen LogP contribution in [0, 0.1) is 0 Å². The van der Waals surface area contributed by atoms with Gasteiger partial charge in [-0.05, 0) is 60.6 Å². The molecule has 1 aliphatic carbocycles. The normalized spacial score (nSPS) is 16.5. The molecule has 0 saturated heterocycles. The molecule has 0 fully saturated rings. The Labute approximate surface area is 158 Å². The lowest BCUT2D eigenvalue weighted by molar-refractivity contribution is 0.577. The molecule has 0 bridgehead atoms. The van der Waals surface area contributed by atoms with E-state index in [1.165, 1.54) is 29.7 Å². The number of hydrogen-bond acceptors (Lipinski definition) is 1. The van der Waals surface area contributed by atoms with Gasteiger partial charge in [-0.2, -0.15) is 0 Å². The van der Waals surface area contributed by atoms with Crippen LogP contribution in [0.25, 0.3) is 22.0 Å². The van der Waals surface area contributed by atoms with Crippen LogP contribution in [0.15, 0.2) is 42.5 Å². The van der Waals surface area contributed by atoms with Gasteiger partial charge in [0.1, 0.15) is 0 Å². The van der Waals surface area contributed by atoms with Gasteiger partial charge in [0, 0.05) is 26.7 Å². The van der Waals surface area contributed by atoms with Crippen molar-refractivity contribution in [2.45, 2.75) is 32.1 Å². The van der Waals surface area contributed by atoms with E-state index in [0.717, 1.165) is 32.9 Å². The quantitative estimate of drug-likeness (QED) is 0.441. The average molecular weight is 379 g/mol. The van der Waals surface area contributed by atoms with E-state index in [1.807, 2.05) is 36.4 Å². The zero-order valence-corrected chi connectivity index (χ0v) is 15.7. The molecule has 3 aromatic rings. The summed E-state index contributed by atoms with van der Waals surface area (Å²) < 4.78 is 0. The SMILES string of the molecule is CC1CCCc2c1nc1ccc(Cl)cc1c2-c1ccccc1Cl.Cl. The standard InChI is InChI=1S/C20H17Cl2N.ClH/c1-12-5-4-7-15-19(14-6-2-3-8-17(14)22)16-11-13(21)9-10-18(16)23-20(12)15;/h2-3,6,8-12H,4-5,7H2,1H3;1H. The second kappa shape index (κ2) is 6.92. The summed E-state index contributed by atoms with van der Waals surface area (Å²) in [5.74, 6) is 0.486. The van der Waals surface area contributed by atoms with Crippen molar-refractivity contribution in [3.63, 3.8) is 0 Å². The predicted molar refractivity (Wildman–Crippen MR) is 106 cm³/mol. The van der Waals surface area contributed by atoms with Crippen LogP contribution in [0.3, 0.4) is 0 Å². The third kappa shape index (κ3) is 2.90. The van der Waals surface area contributed by atoms with Crippen molar-refractivity contribution in [1.29, 1.82) is 0 Å². The molecule has 0 radical (unpaired) electrons. The minimum Gasteiger partial charge on any atom is -0.252 e. The minimum atomic E-state index is 0. The summed E-state index contributed by atoms with van der Waals surface area (Å²) in [7, 11) is 0. The van der Waals surface area contributed by atoms with Gasteiger partial charge < -0.3 is 0 Å². The van der Waals surface area contributed by atoms with Crippen molar-refractivity contribution in [2.75, 3.05) is 0 Å². The van der Waals surface area contributed by atoms with Crippen LogP contribution in [-0.4, -0.2) is 4.98 Å². The molecule has 1 heterocycles. The molecular weight excluding hydrogens is 361 g/mol. The van der Waals surface area contributed by atoms with Crippen LogP contribution >= 0.6 is 35.6 Å². The molecule has 1 nitrogen and oxygen atoms in total. The summed E-state index contributed by atoms with van der Waals surface area (Å²) in [5, 5.41) is 2.61. The average Bonchev–Trinajstić information content (AvgIpc) is 2.55. The molecule has 1 aliphatic rings. The fraction of sp³-hybridized carbons (Fsp3) is 0.250. The van der Waals surface area contributed by atoms with Crippen LogP contribution in [-0.2, 0) is 6.42 Å². The molecule has 1 aromatic heterocycles. The van der Waals surface area contributed by atoms with Crippen molar-refractivity contribution in [1.82, 2.24) is 4.98 Å². The molecule has 24 heavy (non-hydrogen) atoms. The Morgan fingerprint density at radius 1 is 1.08 bits per heavy atom. The number of hydrogen-bond donors (Lipinski definition) is 0. The van der Waals surface area contributed by atoms with Gasteiger partial charge in [0.2, 0.25) is 0 Å². The Morgan fingerprint density at radius 3 is 2.67 bits per heavy atom. The van der Waals surface area contributed by atoms with E-state index in [4.69, 9.17) is 28.2 Å². The van der Waals surface area contributed by atoms with E-state index in [-0.39, 0.29) is 12.4 Å². The molecule has 1 atom stereocenters. The van der Waals surface area contributed by atoms with E-state index in [9.17, 15) is 0 Å². The van der Waals surface area contributed by atoms with Crippen molar-refractivity contribution in [3.05, 3.63) is 63.8 Å². The highest BCUT2D eigenvalue weighted by Gasteiger charge is 2.24. The first-order chi connectivity index (χ1) is 11.1. The van der Waals surface area contributed by atoms with Gasteiger partial charge in [-0.25, -0.2) is 0 Å². The van der Waals surface area contributed by atoms with Crippen molar-refractivity contribution in [2.24, 2.45) is 0 Å². The first kappa shape index (κ1) is 17.5. The monoisotopic (exact) mass is 377 g/mol. The molecule has 124 valence electrons. The molecular formula is C20H18Cl3N. The Kier molecular flexibility index (Phi) is 5.05. The Bertz CT molecular complexity index is 905. The molecule has 0 N–H and O–H groups in total. The highest BCUT2D eigenvalue weighted by molar-refractivity contribution is 6.34. The number of aromatic nitrogens is 1. The molecule has 2 aromatic carbocycles. The summed E-state index contributed by atoms with van der Waals surface area (Å²) in [6.45, 7) is 2.27. The molecule has 4 rings (SSSR count). The lowest BCUT2D eigenvalue weighted by Crippen LogP contribution is -2.11. The predicted octanol–water partition coefficient (Wildman–Crippen LogP) is 7.07. The van der Waals surface area contributed by atoms with Gasteiger partial charge in [0.25, 0.3) is 0 Å². The smallest absolute Gasteiger partial charge is 0.0712 e. The van der Waals surface area contributed by atoms with E-state index < -0.39 is 0 Å². The Morgan fingerprint density at radius 2 is 1.88 bits per heavy atom. The first-order valence-corrected chi connectivity index (χ1v) is 8.77. The Hall–Kier alpha value is -1.28. The van der Waals surface area contributed by atoms with Crippen LogP contribution < -0.4 is 0 Å². The zero-order chi connectivity index (χ0) is 16.0. The van der Waals surface area contributed by atoms with Crippen LogP contribution in [0.2, 0.25) is 10.0 Å². The zero-order valence-electron chi connectivity index (χ0n) is 13.4. The maximum Gasteiger partial charge on any atom is 0.0712 e. The molecule has 0 spiro atoms. The van der Waals surface area contributed by atoms with Gasteiger partial charge >= 0.3 is 0 Å². The number of rotatable bonds is 1. The molecule has 0 saturated carbocycles.